The highest BCUT2D eigenvalue weighted by atomic mass is 32.2. The quantitative estimate of drug-likeness (QED) is 0.692. The predicted octanol–water partition coefficient (Wildman–Crippen LogP) is 2.10. The van der Waals surface area contributed by atoms with E-state index in [9.17, 15) is 4.79 Å². The minimum absolute atomic E-state index is 0.277. The number of fused-ring (bicyclic) bond motifs is 2. The summed E-state index contributed by atoms with van der Waals surface area (Å²) in [4.78, 5) is 11.6. The second-order valence-electron chi connectivity index (χ2n) is 4.73. The first-order valence-electron chi connectivity index (χ1n) is 5.09. The van der Waals surface area contributed by atoms with E-state index in [4.69, 9.17) is 0 Å². The fourth-order valence-electron chi connectivity index (χ4n) is 2.15. The van der Waals surface area contributed by atoms with Crippen LogP contribution in [0.4, 0.5) is 0 Å². The van der Waals surface area contributed by atoms with Crippen LogP contribution in [0, 0.1) is 5.92 Å². The van der Waals surface area contributed by atoms with Crippen molar-refractivity contribution in [2.24, 2.45) is 5.92 Å². The van der Waals surface area contributed by atoms with Gasteiger partial charge in [0.15, 0.2) is 0 Å². The molecule has 1 amide bonds. The van der Waals surface area contributed by atoms with Crippen molar-refractivity contribution in [2.45, 2.75) is 37.5 Å². The second-order valence-corrected chi connectivity index (χ2v) is 7.81. The molecule has 0 aromatic carbocycles. The molecule has 4 heteroatoms. The molecule has 80 valence electrons. The van der Waals surface area contributed by atoms with Gasteiger partial charge in [0, 0.05) is 27.5 Å². The van der Waals surface area contributed by atoms with Crippen LogP contribution in [0.15, 0.2) is 0 Å². The molecule has 2 bridgehead atoms. The largest absolute Gasteiger partial charge is 0.353 e. The molecule has 2 atom stereocenters. The average Bonchev–Trinajstić information content (AvgIpc) is 2.41. The van der Waals surface area contributed by atoms with Crippen LogP contribution in [0.1, 0.15) is 26.7 Å². The third-order valence-corrected chi connectivity index (χ3v) is 5.60. The van der Waals surface area contributed by atoms with Gasteiger partial charge in [-0.3, -0.25) is 4.79 Å². The van der Waals surface area contributed by atoms with Gasteiger partial charge in [-0.05, 0) is 12.8 Å². The van der Waals surface area contributed by atoms with Gasteiger partial charge in [0.05, 0.1) is 0 Å². The van der Waals surface area contributed by atoms with Crippen molar-refractivity contribution in [3.05, 3.63) is 0 Å². The minimum Gasteiger partial charge on any atom is -0.353 e. The molecule has 2 nitrogen and oxygen atoms in total. The molecule has 0 aliphatic carbocycles. The highest BCUT2D eigenvalue weighted by Crippen LogP contribution is 2.37. The lowest BCUT2D eigenvalue weighted by Crippen LogP contribution is -2.33. The third-order valence-electron chi connectivity index (χ3n) is 2.88. The fraction of sp³-hybridized carbons (Fsp3) is 0.900. The number of nitrogens with one attached hydrogen (secondary N) is 1. The zero-order chi connectivity index (χ0) is 10.2. The van der Waals surface area contributed by atoms with Crippen molar-refractivity contribution in [1.29, 1.82) is 0 Å². The van der Waals surface area contributed by atoms with Gasteiger partial charge < -0.3 is 5.32 Å². The van der Waals surface area contributed by atoms with E-state index in [1.54, 1.807) is 0 Å². The Balaban J connectivity index is 2.07. The van der Waals surface area contributed by atoms with Crippen molar-refractivity contribution in [3.63, 3.8) is 0 Å². The first-order chi connectivity index (χ1) is 6.57. The molecular formula is C10H17NOS2. The van der Waals surface area contributed by atoms with Crippen molar-refractivity contribution in [1.82, 2.24) is 5.32 Å². The van der Waals surface area contributed by atoms with Crippen LogP contribution in [0.3, 0.4) is 0 Å². The van der Waals surface area contributed by atoms with Gasteiger partial charge >= 0.3 is 0 Å². The molecule has 14 heavy (non-hydrogen) atoms. The summed E-state index contributed by atoms with van der Waals surface area (Å²) in [5.74, 6) is 1.57. The SMILES string of the molecule is CC1(C)CC2CC(CSCS1)C(=O)N2. The van der Waals surface area contributed by atoms with Gasteiger partial charge in [-0.2, -0.15) is 11.8 Å². The molecule has 1 N–H and O–H groups in total. The van der Waals surface area contributed by atoms with Gasteiger partial charge in [-0.25, -0.2) is 0 Å². The van der Waals surface area contributed by atoms with Crippen LogP contribution in [0.5, 0.6) is 0 Å². The molecule has 2 fully saturated rings. The highest BCUT2D eigenvalue weighted by Gasteiger charge is 2.36. The van der Waals surface area contributed by atoms with E-state index in [-0.39, 0.29) is 11.8 Å². The monoisotopic (exact) mass is 231 g/mol. The van der Waals surface area contributed by atoms with E-state index in [1.165, 1.54) is 0 Å². The molecule has 2 unspecified atom stereocenters. The molecule has 0 saturated carbocycles. The topological polar surface area (TPSA) is 29.1 Å². The Hall–Kier alpha value is 0.170. The molecule has 0 aromatic heterocycles. The summed E-state index contributed by atoms with van der Waals surface area (Å²) in [5, 5.41) is 4.24. The van der Waals surface area contributed by atoms with Crippen LogP contribution < -0.4 is 5.32 Å². The maximum absolute atomic E-state index is 11.6. The summed E-state index contributed by atoms with van der Waals surface area (Å²) >= 11 is 3.93. The Labute approximate surface area is 94.0 Å². The molecular weight excluding hydrogens is 214 g/mol. The lowest BCUT2D eigenvalue weighted by Gasteiger charge is -2.26. The highest BCUT2D eigenvalue weighted by molar-refractivity contribution is 8.16. The first-order valence-corrected chi connectivity index (χ1v) is 7.23. The Morgan fingerprint density at radius 1 is 1.50 bits per heavy atom. The zero-order valence-electron chi connectivity index (χ0n) is 8.71. The number of carbonyl (C=O) groups excluding carboxylic acids is 1. The summed E-state index contributed by atoms with van der Waals surface area (Å²) in [6.45, 7) is 4.56. The molecule has 2 aliphatic rings. The van der Waals surface area contributed by atoms with Crippen LogP contribution in [0.2, 0.25) is 0 Å². The van der Waals surface area contributed by atoms with E-state index >= 15 is 0 Å². The summed E-state index contributed by atoms with van der Waals surface area (Å²) < 4.78 is 0.310. The zero-order valence-corrected chi connectivity index (χ0v) is 10.3. The van der Waals surface area contributed by atoms with Gasteiger partial charge in [0.2, 0.25) is 5.91 Å². The van der Waals surface area contributed by atoms with E-state index in [0.29, 0.717) is 10.8 Å². The molecule has 2 heterocycles. The second kappa shape index (κ2) is 3.97. The Bertz CT molecular complexity index is 242. The van der Waals surface area contributed by atoms with Crippen molar-refractivity contribution in [3.8, 4) is 0 Å². The number of thioether (sulfide) groups is 2. The van der Waals surface area contributed by atoms with Gasteiger partial charge in [-0.1, -0.05) is 13.8 Å². The average molecular weight is 231 g/mol. The summed E-state index contributed by atoms with van der Waals surface area (Å²) in [5.41, 5.74) is 0. The first kappa shape index (κ1) is 10.7. The van der Waals surface area contributed by atoms with E-state index < -0.39 is 0 Å². The number of hydrogen-bond acceptors (Lipinski definition) is 3. The maximum Gasteiger partial charge on any atom is 0.224 e. The molecule has 0 spiro atoms. The van der Waals surface area contributed by atoms with E-state index in [2.05, 4.69) is 19.2 Å². The van der Waals surface area contributed by atoms with Crippen molar-refractivity contribution >= 4 is 29.4 Å². The van der Waals surface area contributed by atoms with E-state index in [1.807, 2.05) is 23.5 Å². The number of amides is 1. The van der Waals surface area contributed by atoms with Crippen molar-refractivity contribution in [2.75, 3.05) is 10.8 Å². The smallest absolute Gasteiger partial charge is 0.224 e. The summed E-state index contributed by atoms with van der Waals surface area (Å²) in [6.07, 6.45) is 2.16. The molecule has 2 saturated heterocycles. The number of rotatable bonds is 0. The van der Waals surface area contributed by atoms with Crippen LogP contribution in [0.25, 0.3) is 0 Å². The Morgan fingerprint density at radius 3 is 3.07 bits per heavy atom. The lowest BCUT2D eigenvalue weighted by molar-refractivity contribution is -0.122. The van der Waals surface area contributed by atoms with Crippen LogP contribution in [-0.4, -0.2) is 27.5 Å². The standard InChI is InChI=1S/C10H17NOS2/c1-10(2)4-8-3-7(9(12)11-8)5-13-6-14-10/h7-8H,3-6H2,1-2H3,(H,11,12). The normalized spacial score (nSPS) is 36.9. The molecule has 2 aliphatic heterocycles. The molecule has 0 aromatic rings. The minimum atomic E-state index is 0.277. The summed E-state index contributed by atoms with van der Waals surface area (Å²) in [6, 6.07) is 0.425. The maximum atomic E-state index is 11.6. The summed E-state index contributed by atoms with van der Waals surface area (Å²) in [7, 11) is 0. The van der Waals surface area contributed by atoms with E-state index in [0.717, 1.165) is 23.7 Å². The predicted molar refractivity (Wildman–Crippen MR) is 63.6 cm³/mol. The Morgan fingerprint density at radius 2 is 2.29 bits per heavy atom. The van der Waals surface area contributed by atoms with Crippen LogP contribution >= 0.6 is 23.5 Å². The lowest BCUT2D eigenvalue weighted by atomic mass is 9.98. The fourth-order valence-corrected chi connectivity index (χ4v) is 5.04. The van der Waals surface area contributed by atoms with Crippen molar-refractivity contribution < 1.29 is 4.79 Å². The number of carbonyl (C=O) groups is 1. The number of hydrogen-bond donors (Lipinski definition) is 1. The van der Waals surface area contributed by atoms with Gasteiger partial charge in [0.25, 0.3) is 0 Å². The van der Waals surface area contributed by atoms with Gasteiger partial charge in [0.1, 0.15) is 0 Å². The van der Waals surface area contributed by atoms with Gasteiger partial charge in [-0.15, -0.1) is 11.8 Å². The molecule has 0 radical (unpaired) electrons. The van der Waals surface area contributed by atoms with Crippen LogP contribution in [-0.2, 0) is 4.79 Å². The molecule has 2 rings (SSSR count). The Kier molecular flexibility index (Phi) is 3.03. The third kappa shape index (κ3) is 2.40.